The van der Waals surface area contributed by atoms with E-state index in [1.165, 1.54) is 6.07 Å². The number of nitrogens with one attached hydrogen (secondary N) is 1. The lowest BCUT2D eigenvalue weighted by atomic mass is 10.2. The van der Waals surface area contributed by atoms with Crippen LogP contribution >= 0.6 is 0 Å². The molecule has 0 aliphatic heterocycles. The number of hydrogen-bond acceptors (Lipinski definition) is 4. The van der Waals surface area contributed by atoms with E-state index in [-0.39, 0.29) is 18.3 Å². The molecule has 0 saturated carbocycles. The average Bonchev–Trinajstić information content (AvgIpc) is 2.31. The Labute approximate surface area is 93.5 Å². The van der Waals surface area contributed by atoms with Crippen LogP contribution in [0.3, 0.4) is 0 Å². The Balaban J connectivity index is 2.63. The van der Waals surface area contributed by atoms with Crippen LogP contribution in [0, 0.1) is 0 Å². The van der Waals surface area contributed by atoms with Crippen LogP contribution in [0.25, 0.3) is 0 Å². The molecular weight excluding hydrogens is 208 g/mol. The maximum Gasteiger partial charge on any atom is 0.354 e. The number of aliphatic hydroxyl groups excluding tert-OH is 1. The molecule has 1 rings (SSSR count). The molecule has 0 spiro atoms. The number of nitrogens with zero attached hydrogens (tertiary/aromatic N) is 1. The smallest absolute Gasteiger partial charge is 0.354 e. The quantitative estimate of drug-likeness (QED) is 0.607. The van der Waals surface area contributed by atoms with Gasteiger partial charge in [0.15, 0.2) is 0 Å². The normalized spacial score (nSPS) is 12.1. The van der Waals surface area contributed by atoms with E-state index in [0.717, 1.165) is 0 Å². The van der Waals surface area contributed by atoms with Crippen molar-refractivity contribution < 1.29 is 15.0 Å². The number of carboxylic acids is 1. The molecule has 0 aliphatic rings. The van der Waals surface area contributed by atoms with Gasteiger partial charge in [0, 0.05) is 12.6 Å². The molecule has 0 amide bonds. The topological polar surface area (TPSA) is 82.5 Å². The van der Waals surface area contributed by atoms with Gasteiger partial charge < -0.3 is 15.5 Å². The lowest BCUT2D eigenvalue weighted by Crippen LogP contribution is -2.30. The molecule has 86 valence electrons. The first-order valence-electron chi connectivity index (χ1n) is 4.83. The molecule has 5 heteroatoms. The number of hydrogen-bond donors (Lipinski definition) is 3. The van der Waals surface area contributed by atoms with Crippen LogP contribution < -0.4 is 5.32 Å². The molecule has 1 atom stereocenters. The van der Waals surface area contributed by atoms with Crippen LogP contribution in [0.4, 0.5) is 0 Å². The molecule has 5 nitrogen and oxygen atoms in total. The highest BCUT2D eigenvalue weighted by atomic mass is 16.4. The molecule has 3 N–H and O–H groups in total. The van der Waals surface area contributed by atoms with Gasteiger partial charge in [0.05, 0.1) is 12.3 Å². The standard InChI is InChI=1S/C11H14N2O3/c1-2-8(7-14)12-6-9-4-3-5-10(13-9)11(15)16/h2-5,8,12,14H,1,6-7H2,(H,15,16). The summed E-state index contributed by atoms with van der Waals surface area (Å²) >= 11 is 0. The fourth-order valence-electron chi connectivity index (χ4n) is 1.16. The van der Waals surface area contributed by atoms with E-state index in [9.17, 15) is 4.79 Å². The predicted octanol–water partition coefficient (Wildman–Crippen LogP) is 0.416. The highest BCUT2D eigenvalue weighted by Crippen LogP contribution is 2.00. The van der Waals surface area contributed by atoms with Crippen LogP contribution in [-0.2, 0) is 6.54 Å². The van der Waals surface area contributed by atoms with Gasteiger partial charge in [-0.2, -0.15) is 0 Å². The van der Waals surface area contributed by atoms with Gasteiger partial charge in [-0.1, -0.05) is 12.1 Å². The first-order valence-corrected chi connectivity index (χ1v) is 4.83. The third kappa shape index (κ3) is 3.45. The molecule has 16 heavy (non-hydrogen) atoms. The second-order valence-corrected chi connectivity index (χ2v) is 3.22. The monoisotopic (exact) mass is 222 g/mol. The van der Waals surface area contributed by atoms with Crippen LogP contribution in [0.2, 0.25) is 0 Å². The van der Waals surface area contributed by atoms with Crippen LogP contribution in [0.1, 0.15) is 16.2 Å². The molecule has 0 aliphatic carbocycles. The Hall–Kier alpha value is -1.72. The second kappa shape index (κ2) is 5.99. The Bertz CT molecular complexity index is 379. The summed E-state index contributed by atoms with van der Waals surface area (Å²) in [5.41, 5.74) is 0.624. The van der Waals surface area contributed by atoms with Gasteiger partial charge in [0.25, 0.3) is 0 Å². The summed E-state index contributed by atoms with van der Waals surface area (Å²) in [7, 11) is 0. The van der Waals surface area contributed by atoms with Crippen molar-refractivity contribution in [2.24, 2.45) is 0 Å². The highest BCUT2D eigenvalue weighted by molar-refractivity contribution is 5.85. The minimum atomic E-state index is -1.05. The van der Waals surface area contributed by atoms with Gasteiger partial charge in [-0.3, -0.25) is 0 Å². The van der Waals surface area contributed by atoms with Crippen molar-refractivity contribution >= 4 is 5.97 Å². The van der Waals surface area contributed by atoms with Crippen molar-refractivity contribution in [1.29, 1.82) is 0 Å². The number of pyridine rings is 1. The summed E-state index contributed by atoms with van der Waals surface area (Å²) in [6, 6.07) is 4.57. The van der Waals surface area contributed by atoms with E-state index >= 15 is 0 Å². The van der Waals surface area contributed by atoms with Gasteiger partial charge in [0.2, 0.25) is 0 Å². The SMILES string of the molecule is C=CC(CO)NCc1cccc(C(=O)O)n1. The minimum absolute atomic E-state index is 0.0125. The van der Waals surface area contributed by atoms with Crippen molar-refractivity contribution in [2.45, 2.75) is 12.6 Å². The van der Waals surface area contributed by atoms with E-state index < -0.39 is 5.97 Å². The Morgan fingerprint density at radius 3 is 2.94 bits per heavy atom. The molecule has 0 bridgehead atoms. The van der Waals surface area contributed by atoms with Crippen molar-refractivity contribution in [3.63, 3.8) is 0 Å². The summed E-state index contributed by atoms with van der Waals surface area (Å²) < 4.78 is 0. The highest BCUT2D eigenvalue weighted by Gasteiger charge is 2.06. The number of aromatic carboxylic acids is 1. The van der Waals surface area contributed by atoms with Crippen molar-refractivity contribution in [3.8, 4) is 0 Å². The number of aromatic nitrogens is 1. The van der Waals surface area contributed by atoms with Crippen LogP contribution in [-0.4, -0.2) is 33.8 Å². The lowest BCUT2D eigenvalue weighted by Gasteiger charge is -2.11. The van der Waals surface area contributed by atoms with Gasteiger partial charge in [-0.05, 0) is 12.1 Å². The largest absolute Gasteiger partial charge is 0.477 e. The lowest BCUT2D eigenvalue weighted by molar-refractivity contribution is 0.0690. The first-order chi connectivity index (χ1) is 7.67. The van der Waals surface area contributed by atoms with E-state index in [1.807, 2.05) is 0 Å². The molecule has 1 aromatic rings. The van der Waals surface area contributed by atoms with Crippen LogP contribution in [0.15, 0.2) is 30.9 Å². The fraction of sp³-hybridized carbons (Fsp3) is 0.273. The Morgan fingerprint density at radius 2 is 2.38 bits per heavy atom. The summed E-state index contributed by atoms with van der Waals surface area (Å²) in [5, 5.41) is 20.6. The van der Waals surface area contributed by atoms with E-state index in [1.54, 1.807) is 18.2 Å². The number of aliphatic hydroxyl groups is 1. The van der Waals surface area contributed by atoms with E-state index in [2.05, 4.69) is 16.9 Å². The molecule has 1 aromatic heterocycles. The van der Waals surface area contributed by atoms with E-state index in [4.69, 9.17) is 10.2 Å². The molecule has 0 aromatic carbocycles. The van der Waals surface area contributed by atoms with E-state index in [0.29, 0.717) is 12.2 Å². The number of rotatable bonds is 6. The molecule has 1 unspecified atom stereocenters. The average molecular weight is 222 g/mol. The number of carbonyl (C=O) groups is 1. The fourth-order valence-corrected chi connectivity index (χ4v) is 1.16. The third-order valence-electron chi connectivity index (χ3n) is 2.05. The molecule has 0 radical (unpaired) electrons. The van der Waals surface area contributed by atoms with Gasteiger partial charge >= 0.3 is 5.97 Å². The van der Waals surface area contributed by atoms with Gasteiger partial charge in [-0.15, -0.1) is 6.58 Å². The molecular formula is C11H14N2O3. The zero-order chi connectivity index (χ0) is 12.0. The van der Waals surface area contributed by atoms with Crippen molar-refractivity contribution in [2.75, 3.05) is 6.61 Å². The minimum Gasteiger partial charge on any atom is -0.477 e. The third-order valence-corrected chi connectivity index (χ3v) is 2.05. The summed E-state index contributed by atoms with van der Waals surface area (Å²) in [6.45, 7) is 3.89. The summed E-state index contributed by atoms with van der Waals surface area (Å²) in [6.07, 6.45) is 1.58. The van der Waals surface area contributed by atoms with Crippen LogP contribution in [0.5, 0.6) is 0 Å². The Kier molecular flexibility index (Phi) is 4.63. The molecule has 0 saturated heterocycles. The van der Waals surface area contributed by atoms with Crippen molar-refractivity contribution in [3.05, 3.63) is 42.2 Å². The maximum absolute atomic E-state index is 10.7. The maximum atomic E-state index is 10.7. The zero-order valence-electron chi connectivity index (χ0n) is 8.76. The van der Waals surface area contributed by atoms with Crippen molar-refractivity contribution in [1.82, 2.24) is 10.3 Å². The molecule has 1 heterocycles. The second-order valence-electron chi connectivity index (χ2n) is 3.22. The predicted molar refractivity (Wildman–Crippen MR) is 59.1 cm³/mol. The summed E-state index contributed by atoms with van der Waals surface area (Å²) in [5.74, 6) is -1.05. The molecule has 0 fully saturated rings. The zero-order valence-corrected chi connectivity index (χ0v) is 8.76. The van der Waals surface area contributed by atoms with Gasteiger partial charge in [0.1, 0.15) is 5.69 Å². The summed E-state index contributed by atoms with van der Waals surface area (Å²) in [4.78, 5) is 14.6. The number of carboxylic acid groups (broad SMARTS) is 1. The van der Waals surface area contributed by atoms with Gasteiger partial charge in [-0.25, -0.2) is 9.78 Å². The first kappa shape index (κ1) is 12.4. The Morgan fingerprint density at radius 1 is 1.62 bits per heavy atom.